The number of carbonyl (C=O) groups is 1. The van der Waals surface area contributed by atoms with Crippen molar-refractivity contribution < 1.29 is 17.8 Å². The third kappa shape index (κ3) is 2.43. The Hall–Kier alpha value is -2.18. The minimum atomic E-state index is -4.37. The molecule has 1 aliphatic heterocycles. The van der Waals surface area contributed by atoms with Gasteiger partial charge in [-0.2, -0.15) is 8.42 Å². The molecule has 0 saturated heterocycles. The molecule has 0 aromatic heterocycles. The molecule has 21 heavy (non-hydrogen) atoms. The monoisotopic (exact) mass is 303 g/mol. The van der Waals surface area contributed by atoms with E-state index in [-0.39, 0.29) is 6.42 Å². The van der Waals surface area contributed by atoms with E-state index in [1.807, 2.05) is 0 Å². The van der Waals surface area contributed by atoms with Crippen molar-refractivity contribution in [2.45, 2.75) is 11.8 Å². The fourth-order valence-corrected chi connectivity index (χ4v) is 3.42. The highest BCUT2D eigenvalue weighted by Crippen LogP contribution is 2.35. The first-order chi connectivity index (χ1) is 9.98. The molecule has 2 aromatic carbocycles. The first kappa shape index (κ1) is 13.8. The van der Waals surface area contributed by atoms with Crippen LogP contribution < -0.4 is 4.90 Å². The van der Waals surface area contributed by atoms with Crippen LogP contribution in [0, 0.1) is 0 Å². The van der Waals surface area contributed by atoms with Gasteiger partial charge in [0, 0.05) is 17.7 Å². The van der Waals surface area contributed by atoms with Gasteiger partial charge < -0.3 is 0 Å². The van der Waals surface area contributed by atoms with Crippen molar-refractivity contribution in [2.24, 2.45) is 0 Å². The maximum absolute atomic E-state index is 12.6. The molecule has 6 heteroatoms. The molecular weight excluding hydrogens is 290 g/mol. The van der Waals surface area contributed by atoms with Gasteiger partial charge in [-0.1, -0.05) is 36.4 Å². The minimum absolute atomic E-state index is 0.0909. The Morgan fingerprint density at radius 3 is 2.33 bits per heavy atom. The lowest BCUT2D eigenvalue weighted by Crippen LogP contribution is -2.42. The van der Waals surface area contributed by atoms with Crippen molar-refractivity contribution in [1.29, 1.82) is 0 Å². The molecule has 1 amide bonds. The molecule has 1 N–H and O–H groups in total. The number of rotatable bonds is 2. The predicted octanol–water partition coefficient (Wildman–Crippen LogP) is 2.10. The van der Waals surface area contributed by atoms with E-state index in [0.717, 1.165) is 10.5 Å². The summed E-state index contributed by atoms with van der Waals surface area (Å²) >= 11 is 0. The summed E-state index contributed by atoms with van der Waals surface area (Å²) in [5.74, 6) is -0.442. The number of anilines is 1. The molecule has 0 fully saturated rings. The van der Waals surface area contributed by atoms with Gasteiger partial charge in [0.1, 0.15) is 0 Å². The van der Waals surface area contributed by atoms with Crippen LogP contribution in [-0.2, 0) is 16.5 Å². The van der Waals surface area contributed by atoms with Crippen molar-refractivity contribution in [3.05, 3.63) is 65.7 Å². The average Bonchev–Trinajstić information content (AvgIpc) is 2.87. The maximum atomic E-state index is 12.6. The largest absolute Gasteiger partial charge is 0.288 e. The zero-order valence-electron chi connectivity index (χ0n) is 11.0. The Kier molecular flexibility index (Phi) is 3.27. The van der Waals surface area contributed by atoms with Gasteiger partial charge in [-0.15, -0.1) is 0 Å². The third-order valence-electron chi connectivity index (χ3n) is 3.52. The van der Waals surface area contributed by atoms with Crippen LogP contribution in [0.25, 0.3) is 0 Å². The van der Waals surface area contributed by atoms with Crippen LogP contribution in [0.2, 0.25) is 0 Å². The topological polar surface area (TPSA) is 74.7 Å². The summed E-state index contributed by atoms with van der Waals surface area (Å²) < 4.78 is 32.7. The normalized spacial score (nSPS) is 17.6. The van der Waals surface area contributed by atoms with Crippen LogP contribution in [-0.4, -0.2) is 24.3 Å². The van der Waals surface area contributed by atoms with Gasteiger partial charge in [-0.25, -0.2) is 0 Å². The Labute approximate surface area is 122 Å². The lowest BCUT2D eigenvalue weighted by atomic mass is 10.1. The summed E-state index contributed by atoms with van der Waals surface area (Å²) in [4.78, 5) is 13.8. The van der Waals surface area contributed by atoms with Crippen molar-refractivity contribution in [3.63, 3.8) is 0 Å². The zero-order chi connectivity index (χ0) is 15.0. The first-order valence-corrected chi connectivity index (χ1v) is 7.91. The first-order valence-electron chi connectivity index (χ1n) is 6.41. The number of para-hydroxylation sites is 1. The Morgan fingerprint density at radius 1 is 1.05 bits per heavy atom. The quantitative estimate of drug-likeness (QED) is 0.862. The second-order valence-electron chi connectivity index (χ2n) is 4.84. The standard InChI is InChI=1S/C15H13NO4S/c17-15(11-6-2-1-3-7-11)16-13-9-5-4-8-12(13)10-14(16)21(18,19)20/h1-9,14H,10H2,(H,18,19,20)/t14-/m0/s1. The molecule has 1 atom stereocenters. The SMILES string of the molecule is O=C(c1ccccc1)N1c2ccccc2C[C@@H]1S(=O)(=O)O. The van der Waals surface area contributed by atoms with Gasteiger partial charge in [0.2, 0.25) is 0 Å². The van der Waals surface area contributed by atoms with Crippen molar-refractivity contribution >= 4 is 21.7 Å². The van der Waals surface area contributed by atoms with Crippen molar-refractivity contribution in [1.82, 2.24) is 0 Å². The zero-order valence-corrected chi connectivity index (χ0v) is 11.8. The van der Waals surface area contributed by atoms with Crippen molar-refractivity contribution in [3.8, 4) is 0 Å². The molecule has 0 bridgehead atoms. The Bertz CT molecular complexity index is 786. The Morgan fingerprint density at radius 2 is 1.67 bits per heavy atom. The highest BCUT2D eigenvalue weighted by molar-refractivity contribution is 7.86. The van der Waals surface area contributed by atoms with E-state index >= 15 is 0 Å². The van der Waals surface area contributed by atoms with Crippen LogP contribution in [0.4, 0.5) is 5.69 Å². The fourth-order valence-electron chi connectivity index (χ4n) is 2.55. The minimum Gasteiger partial charge on any atom is -0.288 e. The molecule has 5 nitrogen and oxygen atoms in total. The van der Waals surface area contributed by atoms with E-state index in [0.29, 0.717) is 11.3 Å². The van der Waals surface area contributed by atoms with Gasteiger partial charge in [-0.05, 0) is 23.8 Å². The number of amides is 1. The van der Waals surface area contributed by atoms with Crippen LogP contribution in [0.5, 0.6) is 0 Å². The number of hydrogen-bond donors (Lipinski definition) is 1. The highest BCUT2D eigenvalue weighted by atomic mass is 32.2. The van der Waals surface area contributed by atoms with Crippen LogP contribution in [0.3, 0.4) is 0 Å². The van der Waals surface area contributed by atoms with E-state index in [9.17, 15) is 17.8 Å². The van der Waals surface area contributed by atoms with Crippen molar-refractivity contribution in [2.75, 3.05) is 4.90 Å². The second-order valence-corrected chi connectivity index (χ2v) is 6.42. The van der Waals surface area contributed by atoms with Gasteiger partial charge in [0.05, 0.1) is 0 Å². The molecule has 0 spiro atoms. The van der Waals surface area contributed by atoms with E-state index in [2.05, 4.69) is 0 Å². The summed E-state index contributed by atoms with van der Waals surface area (Å²) in [6.45, 7) is 0. The third-order valence-corrected chi connectivity index (χ3v) is 4.58. The molecule has 0 unspecified atom stereocenters. The van der Waals surface area contributed by atoms with Crippen LogP contribution >= 0.6 is 0 Å². The molecular formula is C15H13NO4S. The lowest BCUT2D eigenvalue weighted by molar-refractivity contribution is 0.0985. The summed E-state index contributed by atoms with van der Waals surface area (Å²) in [7, 11) is -4.37. The van der Waals surface area contributed by atoms with Gasteiger partial charge in [-0.3, -0.25) is 14.2 Å². The fraction of sp³-hybridized carbons (Fsp3) is 0.133. The number of nitrogens with zero attached hydrogens (tertiary/aromatic N) is 1. The molecule has 1 heterocycles. The van der Waals surface area contributed by atoms with Crippen LogP contribution in [0.1, 0.15) is 15.9 Å². The van der Waals surface area contributed by atoms with Gasteiger partial charge in [0.15, 0.2) is 5.37 Å². The number of carbonyl (C=O) groups excluding carboxylic acids is 1. The smallest absolute Gasteiger partial charge is 0.287 e. The average molecular weight is 303 g/mol. The van der Waals surface area contributed by atoms with E-state index < -0.39 is 21.4 Å². The van der Waals surface area contributed by atoms with Gasteiger partial charge >= 0.3 is 0 Å². The second kappa shape index (κ2) is 4.98. The highest BCUT2D eigenvalue weighted by Gasteiger charge is 2.41. The molecule has 108 valence electrons. The summed E-state index contributed by atoms with van der Waals surface area (Å²) in [5, 5.41) is -1.28. The molecule has 2 aromatic rings. The molecule has 0 aliphatic carbocycles. The summed E-state index contributed by atoms with van der Waals surface area (Å²) in [6, 6.07) is 15.4. The molecule has 0 radical (unpaired) electrons. The van der Waals surface area contributed by atoms with Crippen LogP contribution in [0.15, 0.2) is 54.6 Å². The molecule has 3 rings (SSSR count). The maximum Gasteiger partial charge on any atom is 0.287 e. The molecule has 0 saturated carbocycles. The molecule has 1 aliphatic rings. The van der Waals surface area contributed by atoms with E-state index in [1.54, 1.807) is 54.6 Å². The summed E-state index contributed by atoms with van der Waals surface area (Å²) in [6.07, 6.45) is 0.0909. The van der Waals surface area contributed by atoms with E-state index in [4.69, 9.17) is 0 Å². The van der Waals surface area contributed by atoms with E-state index in [1.165, 1.54) is 0 Å². The Balaban J connectivity index is 2.10. The number of benzene rings is 2. The van der Waals surface area contributed by atoms with Gasteiger partial charge in [0.25, 0.3) is 16.0 Å². The predicted molar refractivity (Wildman–Crippen MR) is 78.7 cm³/mol. The summed E-state index contributed by atoms with van der Waals surface area (Å²) in [5.41, 5.74) is 1.63. The number of hydrogen-bond acceptors (Lipinski definition) is 3. The number of fused-ring (bicyclic) bond motifs is 1. The lowest BCUT2D eigenvalue weighted by Gasteiger charge is -2.23.